The molecule has 0 bridgehead atoms. The zero-order valence-corrected chi connectivity index (χ0v) is 8.81. The lowest BCUT2D eigenvalue weighted by molar-refractivity contribution is -0.123. The van der Waals surface area contributed by atoms with Gasteiger partial charge in [-0.15, -0.1) is 0 Å². The molecule has 1 N–H and O–H groups in total. The number of carbonyl (C=O) groups is 1. The molecule has 2 nitrogen and oxygen atoms in total. The van der Waals surface area contributed by atoms with Crippen molar-refractivity contribution < 1.29 is 4.79 Å². The summed E-state index contributed by atoms with van der Waals surface area (Å²) < 4.78 is 0. The fourth-order valence-corrected chi connectivity index (χ4v) is 2.40. The molecule has 74 valence electrons. The van der Waals surface area contributed by atoms with E-state index in [0.29, 0.717) is 17.4 Å². The molecule has 1 unspecified atom stereocenters. The Kier molecular flexibility index (Phi) is 1.73. The summed E-state index contributed by atoms with van der Waals surface area (Å²) >= 11 is 0. The first kappa shape index (κ1) is 9.04. The lowest BCUT2D eigenvalue weighted by Crippen LogP contribution is -2.30. The molecule has 0 radical (unpaired) electrons. The van der Waals surface area contributed by atoms with Crippen LogP contribution in [0.25, 0.3) is 0 Å². The SMILES string of the molecule is CC(C)(C)CC1CC2(CC2)C(=O)N1. The highest BCUT2D eigenvalue weighted by Gasteiger charge is 2.55. The number of hydrogen-bond donors (Lipinski definition) is 1. The second-order valence-electron chi connectivity index (χ2n) is 5.92. The molecule has 0 aromatic heterocycles. The van der Waals surface area contributed by atoms with E-state index in [9.17, 15) is 4.79 Å². The van der Waals surface area contributed by atoms with Gasteiger partial charge in [-0.2, -0.15) is 0 Å². The van der Waals surface area contributed by atoms with E-state index < -0.39 is 0 Å². The quantitative estimate of drug-likeness (QED) is 0.659. The number of hydrogen-bond acceptors (Lipinski definition) is 1. The van der Waals surface area contributed by atoms with Gasteiger partial charge in [0, 0.05) is 6.04 Å². The Hall–Kier alpha value is -0.530. The zero-order valence-electron chi connectivity index (χ0n) is 8.81. The van der Waals surface area contributed by atoms with Gasteiger partial charge in [-0.1, -0.05) is 20.8 Å². The average molecular weight is 181 g/mol. The molecule has 1 aliphatic carbocycles. The van der Waals surface area contributed by atoms with E-state index in [-0.39, 0.29) is 5.41 Å². The van der Waals surface area contributed by atoms with Gasteiger partial charge in [-0.3, -0.25) is 4.79 Å². The molecule has 1 heterocycles. The lowest BCUT2D eigenvalue weighted by Gasteiger charge is -2.22. The molecule has 1 atom stereocenters. The zero-order chi connectivity index (χ0) is 9.69. The molecule has 2 aliphatic rings. The molecular weight excluding hydrogens is 162 g/mol. The van der Waals surface area contributed by atoms with E-state index >= 15 is 0 Å². The normalized spacial score (nSPS) is 30.7. The van der Waals surface area contributed by atoms with Crippen LogP contribution < -0.4 is 5.32 Å². The van der Waals surface area contributed by atoms with Gasteiger partial charge in [0.2, 0.25) is 5.91 Å². The van der Waals surface area contributed by atoms with E-state index in [2.05, 4.69) is 26.1 Å². The highest BCUT2D eigenvalue weighted by atomic mass is 16.2. The minimum atomic E-state index is 0.0932. The predicted octanol–water partition coefficient (Wildman–Crippen LogP) is 2.09. The Morgan fingerprint density at radius 1 is 1.46 bits per heavy atom. The van der Waals surface area contributed by atoms with Crippen molar-refractivity contribution in [1.82, 2.24) is 5.32 Å². The average Bonchev–Trinajstić information content (AvgIpc) is 2.58. The summed E-state index contributed by atoms with van der Waals surface area (Å²) in [6, 6.07) is 0.440. The van der Waals surface area contributed by atoms with Crippen LogP contribution in [-0.4, -0.2) is 11.9 Å². The molecule has 2 fully saturated rings. The van der Waals surface area contributed by atoms with Gasteiger partial charge in [0.15, 0.2) is 0 Å². The molecule has 1 aliphatic heterocycles. The largest absolute Gasteiger partial charge is 0.353 e. The Labute approximate surface area is 80.1 Å². The highest BCUT2D eigenvalue weighted by Crippen LogP contribution is 2.53. The molecule has 0 aromatic carbocycles. The van der Waals surface area contributed by atoms with Gasteiger partial charge >= 0.3 is 0 Å². The van der Waals surface area contributed by atoms with Crippen molar-refractivity contribution in [1.29, 1.82) is 0 Å². The van der Waals surface area contributed by atoms with Gasteiger partial charge in [0.05, 0.1) is 5.41 Å². The third-order valence-corrected chi connectivity index (χ3v) is 3.17. The predicted molar refractivity (Wildman–Crippen MR) is 52.3 cm³/mol. The van der Waals surface area contributed by atoms with E-state index in [0.717, 1.165) is 25.7 Å². The third kappa shape index (κ3) is 1.72. The first-order valence-corrected chi connectivity index (χ1v) is 5.22. The first-order valence-electron chi connectivity index (χ1n) is 5.22. The van der Waals surface area contributed by atoms with Gasteiger partial charge in [-0.05, 0) is 31.1 Å². The number of nitrogens with one attached hydrogen (secondary N) is 1. The lowest BCUT2D eigenvalue weighted by atomic mass is 9.86. The monoisotopic (exact) mass is 181 g/mol. The van der Waals surface area contributed by atoms with Gasteiger partial charge < -0.3 is 5.32 Å². The van der Waals surface area contributed by atoms with Gasteiger partial charge in [-0.25, -0.2) is 0 Å². The minimum absolute atomic E-state index is 0.0932. The summed E-state index contributed by atoms with van der Waals surface area (Å²) in [5.41, 5.74) is 0.425. The fourth-order valence-electron chi connectivity index (χ4n) is 2.40. The van der Waals surface area contributed by atoms with E-state index in [1.807, 2.05) is 0 Å². The second kappa shape index (κ2) is 2.49. The van der Waals surface area contributed by atoms with Crippen LogP contribution in [0.3, 0.4) is 0 Å². The number of carbonyl (C=O) groups excluding carboxylic acids is 1. The summed E-state index contributed by atoms with van der Waals surface area (Å²) in [6.07, 6.45) is 4.45. The summed E-state index contributed by atoms with van der Waals surface area (Å²) in [4.78, 5) is 11.5. The van der Waals surface area contributed by atoms with Crippen LogP contribution in [0.15, 0.2) is 0 Å². The molecular formula is C11H19NO. The highest BCUT2D eigenvalue weighted by molar-refractivity contribution is 5.87. The maximum Gasteiger partial charge on any atom is 0.226 e. The topological polar surface area (TPSA) is 29.1 Å². The van der Waals surface area contributed by atoms with Crippen LogP contribution in [0.1, 0.15) is 46.5 Å². The van der Waals surface area contributed by atoms with Crippen LogP contribution in [0.2, 0.25) is 0 Å². The molecule has 13 heavy (non-hydrogen) atoms. The van der Waals surface area contributed by atoms with E-state index in [1.165, 1.54) is 0 Å². The molecule has 2 rings (SSSR count). The number of rotatable bonds is 1. The van der Waals surface area contributed by atoms with Crippen molar-refractivity contribution in [2.45, 2.75) is 52.5 Å². The smallest absolute Gasteiger partial charge is 0.226 e. The van der Waals surface area contributed by atoms with Crippen molar-refractivity contribution in [3.05, 3.63) is 0 Å². The van der Waals surface area contributed by atoms with E-state index in [4.69, 9.17) is 0 Å². The standard InChI is InChI=1S/C11H19NO/c1-10(2,3)6-8-7-11(4-5-11)9(13)12-8/h8H,4-7H2,1-3H3,(H,12,13). The minimum Gasteiger partial charge on any atom is -0.353 e. The van der Waals surface area contributed by atoms with E-state index in [1.54, 1.807) is 0 Å². The maximum atomic E-state index is 11.5. The van der Waals surface area contributed by atoms with Crippen LogP contribution in [0.5, 0.6) is 0 Å². The summed E-state index contributed by atoms with van der Waals surface area (Å²) in [5, 5.41) is 3.12. The first-order chi connectivity index (χ1) is 5.91. The Balaban J connectivity index is 1.95. The van der Waals surface area contributed by atoms with Crippen molar-refractivity contribution in [2.75, 3.05) is 0 Å². The molecule has 1 amide bonds. The van der Waals surface area contributed by atoms with Gasteiger partial charge in [0.25, 0.3) is 0 Å². The van der Waals surface area contributed by atoms with Crippen molar-refractivity contribution in [2.24, 2.45) is 10.8 Å². The Morgan fingerprint density at radius 3 is 2.46 bits per heavy atom. The molecule has 1 saturated carbocycles. The maximum absolute atomic E-state index is 11.5. The fraction of sp³-hybridized carbons (Fsp3) is 0.909. The third-order valence-electron chi connectivity index (χ3n) is 3.17. The van der Waals surface area contributed by atoms with Crippen LogP contribution in [-0.2, 0) is 4.79 Å². The molecule has 2 heteroatoms. The summed E-state index contributed by atoms with van der Waals surface area (Å²) in [7, 11) is 0. The summed E-state index contributed by atoms with van der Waals surface area (Å²) in [5.74, 6) is 0.321. The number of amides is 1. The Morgan fingerprint density at radius 2 is 2.08 bits per heavy atom. The molecule has 1 spiro atoms. The van der Waals surface area contributed by atoms with Crippen molar-refractivity contribution in [3.63, 3.8) is 0 Å². The van der Waals surface area contributed by atoms with Crippen molar-refractivity contribution in [3.8, 4) is 0 Å². The van der Waals surface area contributed by atoms with Crippen LogP contribution in [0.4, 0.5) is 0 Å². The van der Waals surface area contributed by atoms with Crippen molar-refractivity contribution >= 4 is 5.91 Å². The summed E-state index contributed by atoms with van der Waals surface area (Å²) in [6.45, 7) is 6.70. The Bertz CT molecular complexity index is 235. The second-order valence-corrected chi connectivity index (χ2v) is 5.92. The molecule has 1 saturated heterocycles. The van der Waals surface area contributed by atoms with Gasteiger partial charge in [0.1, 0.15) is 0 Å². The van der Waals surface area contributed by atoms with Crippen LogP contribution in [0, 0.1) is 10.8 Å². The molecule has 0 aromatic rings. The van der Waals surface area contributed by atoms with Crippen LogP contribution >= 0.6 is 0 Å².